The number of carbonyl (C=O) groups excluding carboxylic acids is 1. The van der Waals surface area contributed by atoms with Gasteiger partial charge in [0, 0.05) is 12.2 Å². The second kappa shape index (κ2) is 8.81. The first-order chi connectivity index (χ1) is 13.2. The molecule has 2 rings (SSSR count). The highest BCUT2D eigenvalue weighted by atomic mass is 16.4. The number of aryl methyl sites for hydroxylation is 1. The van der Waals surface area contributed by atoms with Gasteiger partial charge in [-0.2, -0.15) is 0 Å². The molecule has 0 aliphatic carbocycles. The lowest BCUT2D eigenvalue weighted by Gasteiger charge is -2.17. The van der Waals surface area contributed by atoms with Crippen LogP contribution in [0.3, 0.4) is 0 Å². The summed E-state index contributed by atoms with van der Waals surface area (Å²) in [5, 5.41) is 11.9. The van der Waals surface area contributed by atoms with Crippen LogP contribution in [0.2, 0.25) is 0 Å². The summed E-state index contributed by atoms with van der Waals surface area (Å²) in [6.07, 6.45) is 1.72. The molecule has 0 saturated carbocycles. The van der Waals surface area contributed by atoms with Crippen molar-refractivity contribution in [2.75, 3.05) is 0 Å². The molecule has 2 aromatic rings. The topological polar surface area (TPSA) is 134 Å². The Morgan fingerprint density at radius 2 is 1.96 bits per heavy atom. The van der Waals surface area contributed by atoms with Crippen molar-refractivity contribution in [3.05, 3.63) is 38.2 Å². The Balaban J connectivity index is 2.68. The van der Waals surface area contributed by atoms with Crippen LogP contribution in [0.4, 0.5) is 0 Å². The molecule has 0 saturated heterocycles. The minimum atomic E-state index is -1.14. The third kappa shape index (κ3) is 4.29. The van der Waals surface area contributed by atoms with Crippen molar-refractivity contribution in [3.8, 4) is 0 Å². The molecule has 0 fully saturated rings. The summed E-state index contributed by atoms with van der Waals surface area (Å²) in [5.74, 6) is -1.88. The van der Waals surface area contributed by atoms with E-state index in [1.54, 1.807) is 6.92 Å². The number of aromatic nitrogens is 3. The second-order valence-corrected chi connectivity index (χ2v) is 6.96. The Morgan fingerprint density at radius 3 is 2.50 bits per heavy atom. The van der Waals surface area contributed by atoms with Gasteiger partial charge >= 0.3 is 11.7 Å². The molecule has 0 aromatic carbocycles. The van der Waals surface area contributed by atoms with Crippen LogP contribution in [0.25, 0.3) is 11.0 Å². The molecule has 28 heavy (non-hydrogen) atoms. The van der Waals surface area contributed by atoms with Gasteiger partial charge in [-0.1, -0.05) is 33.6 Å². The fourth-order valence-corrected chi connectivity index (χ4v) is 2.96. The summed E-state index contributed by atoms with van der Waals surface area (Å²) >= 11 is 0. The van der Waals surface area contributed by atoms with Crippen molar-refractivity contribution in [1.82, 2.24) is 19.9 Å². The van der Waals surface area contributed by atoms with E-state index in [0.29, 0.717) is 12.1 Å². The number of carboxylic acid groups (broad SMARTS) is 1. The lowest BCUT2D eigenvalue weighted by Crippen LogP contribution is -2.41. The molecule has 0 radical (unpaired) electrons. The lowest BCUT2D eigenvalue weighted by atomic mass is 10.0. The first kappa shape index (κ1) is 21.3. The van der Waals surface area contributed by atoms with Crippen molar-refractivity contribution in [2.24, 2.45) is 0 Å². The summed E-state index contributed by atoms with van der Waals surface area (Å²) < 4.78 is 1.28. The Kier molecular flexibility index (Phi) is 6.71. The fraction of sp³-hybridized carbons (Fsp3) is 0.526. The quantitative estimate of drug-likeness (QED) is 0.627. The van der Waals surface area contributed by atoms with Gasteiger partial charge in [-0.15, -0.1) is 0 Å². The largest absolute Gasteiger partial charge is 0.480 e. The van der Waals surface area contributed by atoms with Gasteiger partial charge in [0.05, 0.1) is 10.9 Å². The van der Waals surface area contributed by atoms with E-state index in [0.717, 1.165) is 6.42 Å². The molecule has 0 spiro atoms. The minimum Gasteiger partial charge on any atom is -0.480 e. The molecule has 1 unspecified atom stereocenters. The average Bonchev–Trinajstić information content (AvgIpc) is 2.63. The van der Waals surface area contributed by atoms with Crippen molar-refractivity contribution in [3.63, 3.8) is 0 Å². The molecule has 9 heteroatoms. The van der Waals surface area contributed by atoms with E-state index in [4.69, 9.17) is 0 Å². The van der Waals surface area contributed by atoms with Gasteiger partial charge in [-0.05, 0) is 25.3 Å². The predicted octanol–water partition coefficient (Wildman–Crippen LogP) is 1.60. The van der Waals surface area contributed by atoms with Crippen LogP contribution in [0, 0.1) is 0 Å². The van der Waals surface area contributed by atoms with Gasteiger partial charge in [-0.3, -0.25) is 19.1 Å². The summed E-state index contributed by atoms with van der Waals surface area (Å²) in [7, 11) is 0. The molecule has 3 N–H and O–H groups in total. The first-order valence-corrected chi connectivity index (χ1v) is 9.42. The number of aliphatic carboxylic acids is 1. The third-order valence-electron chi connectivity index (χ3n) is 4.57. The van der Waals surface area contributed by atoms with E-state index in [1.807, 2.05) is 20.8 Å². The van der Waals surface area contributed by atoms with Gasteiger partial charge < -0.3 is 10.4 Å². The Labute approximate surface area is 161 Å². The van der Waals surface area contributed by atoms with Gasteiger partial charge in [0.25, 0.3) is 11.5 Å². The molecule has 1 amide bonds. The van der Waals surface area contributed by atoms with E-state index in [9.17, 15) is 24.3 Å². The maximum absolute atomic E-state index is 12.9. The van der Waals surface area contributed by atoms with Gasteiger partial charge in [0.15, 0.2) is 5.65 Å². The van der Waals surface area contributed by atoms with Crippen LogP contribution < -0.4 is 16.6 Å². The highest BCUT2D eigenvalue weighted by Crippen LogP contribution is 2.20. The molecule has 0 bridgehead atoms. The van der Waals surface area contributed by atoms with Crippen molar-refractivity contribution >= 4 is 22.9 Å². The summed E-state index contributed by atoms with van der Waals surface area (Å²) in [4.78, 5) is 55.6. The molecule has 152 valence electrons. The van der Waals surface area contributed by atoms with Crippen molar-refractivity contribution < 1.29 is 14.7 Å². The Bertz CT molecular complexity index is 1010. The van der Waals surface area contributed by atoms with E-state index in [1.165, 1.54) is 10.6 Å². The van der Waals surface area contributed by atoms with Crippen LogP contribution in [0.5, 0.6) is 0 Å². The number of H-pyrrole nitrogens is 1. The predicted molar refractivity (Wildman–Crippen MR) is 105 cm³/mol. The zero-order valence-electron chi connectivity index (χ0n) is 16.5. The second-order valence-electron chi connectivity index (χ2n) is 6.96. The Hall–Kier alpha value is -2.97. The monoisotopic (exact) mass is 390 g/mol. The number of nitrogens with one attached hydrogen (secondary N) is 2. The summed E-state index contributed by atoms with van der Waals surface area (Å²) in [6.45, 7) is 7.66. The number of carboxylic acids is 1. The Morgan fingerprint density at radius 1 is 1.29 bits per heavy atom. The average molecular weight is 390 g/mol. The highest BCUT2D eigenvalue weighted by Gasteiger charge is 2.24. The minimum absolute atomic E-state index is 0.0138. The zero-order valence-corrected chi connectivity index (χ0v) is 16.5. The normalized spacial score (nSPS) is 12.3. The van der Waals surface area contributed by atoms with Gasteiger partial charge in [0.2, 0.25) is 0 Å². The van der Waals surface area contributed by atoms with Crippen LogP contribution >= 0.6 is 0 Å². The number of amides is 1. The van der Waals surface area contributed by atoms with E-state index < -0.39 is 29.2 Å². The number of aromatic amines is 1. The fourth-order valence-electron chi connectivity index (χ4n) is 2.96. The van der Waals surface area contributed by atoms with Crippen LogP contribution in [-0.4, -0.2) is 37.6 Å². The van der Waals surface area contributed by atoms with Crippen LogP contribution in [-0.2, 0) is 11.3 Å². The van der Waals surface area contributed by atoms with E-state index >= 15 is 0 Å². The lowest BCUT2D eigenvalue weighted by molar-refractivity contribution is -0.139. The molecule has 0 aliphatic heterocycles. The number of rotatable bonds is 8. The third-order valence-corrected chi connectivity index (χ3v) is 4.57. The van der Waals surface area contributed by atoms with Crippen LogP contribution in [0.15, 0.2) is 15.7 Å². The van der Waals surface area contributed by atoms with E-state index in [-0.39, 0.29) is 35.5 Å². The number of hydrogen-bond acceptors (Lipinski definition) is 5. The number of carbonyl (C=O) groups is 2. The molecule has 0 aliphatic rings. The van der Waals surface area contributed by atoms with Gasteiger partial charge in [-0.25, -0.2) is 14.6 Å². The maximum atomic E-state index is 12.9. The number of pyridine rings is 1. The molecule has 9 nitrogen and oxygen atoms in total. The van der Waals surface area contributed by atoms with Gasteiger partial charge in [0.1, 0.15) is 6.04 Å². The maximum Gasteiger partial charge on any atom is 0.329 e. The van der Waals surface area contributed by atoms with Crippen molar-refractivity contribution in [2.45, 2.75) is 65.5 Å². The molecular formula is C19H26N4O5. The number of fused-ring (bicyclic) bond motifs is 1. The number of hydrogen-bond donors (Lipinski definition) is 3. The smallest absolute Gasteiger partial charge is 0.329 e. The SMILES string of the molecule is CCCCC(NC(=O)c1cc(C(C)C)nc2c1c(=O)[nH]c(=O)n2CC)C(=O)O. The summed E-state index contributed by atoms with van der Waals surface area (Å²) in [6, 6.07) is 0.426. The highest BCUT2D eigenvalue weighted by molar-refractivity contribution is 6.06. The number of nitrogens with zero attached hydrogens (tertiary/aromatic N) is 2. The molecule has 2 heterocycles. The molecule has 2 aromatic heterocycles. The van der Waals surface area contributed by atoms with Crippen molar-refractivity contribution in [1.29, 1.82) is 0 Å². The molecular weight excluding hydrogens is 364 g/mol. The van der Waals surface area contributed by atoms with Crippen LogP contribution in [0.1, 0.15) is 68.9 Å². The zero-order chi connectivity index (χ0) is 21.0. The summed E-state index contributed by atoms with van der Waals surface area (Å²) in [5.41, 5.74) is -0.664. The standard InChI is InChI=1S/C19H26N4O5/c1-5-7-8-12(18(26)27)21-16(24)11-9-13(10(3)4)20-15-14(11)17(25)22-19(28)23(15)6-2/h9-10,12H,5-8H2,1-4H3,(H,21,24)(H,26,27)(H,22,25,28). The number of unbranched alkanes of at least 4 members (excludes halogenated alkanes) is 1. The molecule has 1 atom stereocenters. The van der Waals surface area contributed by atoms with E-state index in [2.05, 4.69) is 15.3 Å². The first-order valence-electron chi connectivity index (χ1n) is 9.42.